The van der Waals surface area contributed by atoms with Gasteiger partial charge in [-0.25, -0.2) is 13.5 Å². The molecule has 0 spiro atoms. The van der Waals surface area contributed by atoms with Gasteiger partial charge >= 0.3 is 6.18 Å². The van der Waals surface area contributed by atoms with E-state index in [4.69, 9.17) is 0 Å². The van der Waals surface area contributed by atoms with E-state index in [1.54, 1.807) is 6.92 Å². The van der Waals surface area contributed by atoms with E-state index < -0.39 is 36.4 Å². The predicted molar refractivity (Wildman–Crippen MR) is 82.5 cm³/mol. The van der Waals surface area contributed by atoms with Crippen molar-refractivity contribution >= 4 is 11.7 Å². The monoisotopic (exact) mass is 377 g/mol. The van der Waals surface area contributed by atoms with E-state index in [9.17, 15) is 26.7 Å². The first-order valence-electron chi connectivity index (χ1n) is 7.52. The minimum absolute atomic E-state index is 0.00460. The molecule has 0 saturated carbocycles. The smallest absolute Gasteiger partial charge is 0.359 e. The summed E-state index contributed by atoms with van der Waals surface area (Å²) in [5.41, 5.74) is 0.503. The van der Waals surface area contributed by atoms with Gasteiger partial charge in [-0.05, 0) is 32.0 Å². The Morgan fingerprint density at radius 3 is 2.69 bits per heavy atom. The van der Waals surface area contributed by atoms with E-state index in [1.165, 1.54) is 17.8 Å². The molecule has 1 aromatic carbocycles. The Bertz CT molecular complexity index is 789. The van der Waals surface area contributed by atoms with E-state index >= 15 is 0 Å². The molecule has 0 saturated heterocycles. The number of halogens is 5. The summed E-state index contributed by atoms with van der Waals surface area (Å²) in [5.74, 6) is -1.95. The summed E-state index contributed by atoms with van der Waals surface area (Å²) >= 11 is 0. The van der Waals surface area contributed by atoms with Gasteiger partial charge in [-0.1, -0.05) is 0 Å². The molecular formula is C16H16F5N3O2. The molecular weight excluding hydrogens is 361 g/mol. The van der Waals surface area contributed by atoms with Crippen molar-refractivity contribution in [3.8, 4) is 0 Å². The Kier molecular flexibility index (Phi) is 5.96. The van der Waals surface area contributed by atoms with Crippen molar-refractivity contribution in [3.05, 3.63) is 47.2 Å². The molecule has 1 aromatic heterocycles. The highest BCUT2D eigenvalue weighted by molar-refractivity contribution is 5.93. The summed E-state index contributed by atoms with van der Waals surface area (Å²) in [7, 11) is 0. The lowest BCUT2D eigenvalue weighted by molar-refractivity contribution is -0.184. The van der Waals surface area contributed by atoms with Crippen LogP contribution >= 0.6 is 0 Å². The zero-order valence-corrected chi connectivity index (χ0v) is 13.9. The second-order valence-electron chi connectivity index (χ2n) is 5.63. The van der Waals surface area contributed by atoms with Crippen LogP contribution in [-0.2, 0) is 16.1 Å². The van der Waals surface area contributed by atoms with E-state index in [-0.39, 0.29) is 17.9 Å². The normalized spacial score (nSPS) is 12.9. The van der Waals surface area contributed by atoms with Crippen LogP contribution in [0.25, 0.3) is 0 Å². The minimum Gasteiger partial charge on any atom is -0.359 e. The predicted octanol–water partition coefficient (Wildman–Crippen LogP) is 3.42. The second kappa shape index (κ2) is 7.81. The van der Waals surface area contributed by atoms with Crippen LogP contribution in [0.1, 0.15) is 18.1 Å². The third-order valence-corrected chi connectivity index (χ3v) is 3.46. The topological polar surface area (TPSA) is 56.2 Å². The molecule has 5 nitrogen and oxygen atoms in total. The summed E-state index contributed by atoms with van der Waals surface area (Å²) in [5, 5.41) is 6.37. The molecule has 0 aliphatic rings. The lowest BCUT2D eigenvalue weighted by Gasteiger charge is -2.16. The third-order valence-electron chi connectivity index (χ3n) is 3.46. The van der Waals surface area contributed by atoms with Crippen LogP contribution in [-0.4, -0.2) is 34.6 Å². The molecule has 142 valence electrons. The molecule has 1 atom stereocenters. The van der Waals surface area contributed by atoms with Crippen molar-refractivity contribution in [2.45, 2.75) is 32.7 Å². The van der Waals surface area contributed by atoms with E-state index in [0.717, 1.165) is 18.2 Å². The zero-order valence-electron chi connectivity index (χ0n) is 13.9. The Hall–Kier alpha value is -2.49. The number of benzene rings is 1. The molecule has 10 heteroatoms. The molecule has 1 heterocycles. The van der Waals surface area contributed by atoms with Crippen LogP contribution in [0.3, 0.4) is 0 Å². The molecule has 0 aliphatic heterocycles. The van der Waals surface area contributed by atoms with Crippen LogP contribution in [0, 0.1) is 18.6 Å². The SMILES string of the molecule is Cc1cnn(Cc2cc(F)ccc2F)c1NC(=O)C(C)OCC(F)(F)F. The molecule has 0 bridgehead atoms. The number of hydrogen-bond acceptors (Lipinski definition) is 3. The van der Waals surface area contributed by atoms with E-state index in [2.05, 4.69) is 15.2 Å². The number of carbonyl (C=O) groups is 1. The highest BCUT2D eigenvalue weighted by Crippen LogP contribution is 2.19. The quantitative estimate of drug-likeness (QED) is 0.785. The van der Waals surface area contributed by atoms with E-state index in [1.807, 2.05) is 0 Å². The van der Waals surface area contributed by atoms with E-state index in [0.29, 0.717) is 5.56 Å². The molecule has 2 aromatic rings. The van der Waals surface area contributed by atoms with Crippen LogP contribution in [0.4, 0.5) is 27.8 Å². The van der Waals surface area contributed by atoms with Gasteiger partial charge in [-0.2, -0.15) is 18.3 Å². The molecule has 1 unspecified atom stereocenters. The number of hydrogen-bond donors (Lipinski definition) is 1. The second-order valence-corrected chi connectivity index (χ2v) is 5.63. The maximum atomic E-state index is 13.8. The maximum Gasteiger partial charge on any atom is 0.411 e. The highest BCUT2D eigenvalue weighted by Gasteiger charge is 2.30. The zero-order chi connectivity index (χ0) is 19.5. The molecule has 0 fully saturated rings. The average Bonchev–Trinajstić information content (AvgIpc) is 2.88. The molecule has 0 radical (unpaired) electrons. The average molecular weight is 377 g/mol. The summed E-state index contributed by atoms with van der Waals surface area (Å²) in [4.78, 5) is 12.0. The Labute approximate surface area is 145 Å². The number of carbonyl (C=O) groups excluding carboxylic acids is 1. The van der Waals surface area contributed by atoms with Gasteiger partial charge in [0, 0.05) is 11.1 Å². The number of alkyl halides is 3. The molecule has 26 heavy (non-hydrogen) atoms. The van der Waals surface area contributed by atoms with Crippen LogP contribution in [0.2, 0.25) is 0 Å². The van der Waals surface area contributed by atoms with Crippen molar-refractivity contribution < 1.29 is 31.5 Å². The third kappa shape index (κ3) is 5.25. The van der Waals surface area contributed by atoms with Gasteiger partial charge in [-0.15, -0.1) is 0 Å². The number of aryl methyl sites for hydroxylation is 1. The summed E-state index contributed by atoms with van der Waals surface area (Å²) < 4.78 is 69.2. The van der Waals surface area contributed by atoms with Gasteiger partial charge in [0.05, 0.1) is 12.7 Å². The van der Waals surface area contributed by atoms with Gasteiger partial charge in [0.15, 0.2) is 0 Å². The van der Waals surface area contributed by atoms with Crippen LogP contribution in [0.15, 0.2) is 24.4 Å². The number of amides is 1. The Morgan fingerprint density at radius 1 is 1.35 bits per heavy atom. The fourth-order valence-electron chi connectivity index (χ4n) is 2.10. The van der Waals surface area contributed by atoms with Gasteiger partial charge in [-0.3, -0.25) is 4.79 Å². The minimum atomic E-state index is -4.55. The first kappa shape index (κ1) is 19.8. The number of rotatable bonds is 6. The van der Waals surface area contributed by atoms with Gasteiger partial charge in [0.2, 0.25) is 0 Å². The summed E-state index contributed by atoms with van der Waals surface area (Å²) in [6.07, 6.45) is -4.54. The number of ether oxygens (including phenoxy) is 1. The van der Waals surface area contributed by atoms with Gasteiger partial charge in [0.25, 0.3) is 5.91 Å². The fourth-order valence-corrected chi connectivity index (χ4v) is 2.10. The lowest BCUT2D eigenvalue weighted by atomic mass is 10.2. The largest absolute Gasteiger partial charge is 0.411 e. The van der Waals surface area contributed by atoms with Gasteiger partial charge < -0.3 is 10.1 Å². The molecule has 1 N–H and O–H groups in total. The standard InChI is InChI=1S/C16H16F5N3O2/c1-9-6-22-24(7-11-5-12(17)3-4-13(11)18)14(9)23-15(25)10(2)26-8-16(19,20)21/h3-6,10H,7-8H2,1-2H3,(H,23,25). The molecule has 2 rings (SSSR count). The number of nitrogens with zero attached hydrogens (tertiary/aromatic N) is 2. The number of aromatic nitrogens is 2. The number of anilines is 1. The molecule has 1 amide bonds. The first-order valence-corrected chi connectivity index (χ1v) is 7.52. The lowest BCUT2D eigenvalue weighted by Crippen LogP contribution is -2.32. The van der Waals surface area contributed by atoms with Crippen molar-refractivity contribution in [1.82, 2.24) is 9.78 Å². The fraction of sp³-hybridized carbons (Fsp3) is 0.375. The maximum absolute atomic E-state index is 13.8. The van der Waals surface area contributed by atoms with Gasteiger partial charge in [0.1, 0.15) is 30.2 Å². The van der Waals surface area contributed by atoms with Crippen molar-refractivity contribution in [1.29, 1.82) is 0 Å². The summed E-state index contributed by atoms with van der Waals surface area (Å²) in [6, 6.07) is 2.93. The van der Waals surface area contributed by atoms with Crippen molar-refractivity contribution in [2.75, 3.05) is 11.9 Å². The van der Waals surface area contributed by atoms with Crippen LogP contribution in [0.5, 0.6) is 0 Å². The van der Waals surface area contributed by atoms with Crippen molar-refractivity contribution in [2.24, 2.45) is 0 Å². The first-order chi connectivity index (χ1) is 12.1. The van der Waals surface area contributed by atoms with Crippen LogP contribution < -0.4 is 5.32 Å². The molecule has 0 aliphatic carbocycles. The van der Waals surface area contributed by atoms with Crippen molar-refractivity contribution in [3.63, 3.8) is 0 Å². The Morgan fingerprint density at radius 2 is 2.04 bits per heavy atom. The summed E-state index contributed by atoms with van der Waals surface area (Å²) in [6.45, 7) is 1.03. The number of nitrogens with one attached hydrogen (secondary N) is 1. The Balaban J connectivity index is 2.12. The highest BCUT2D eigenvalue weighted by atomic mass is 19.4.